The molecule has 0 radical (unpaired) electrons. The molecule has 23 heavy (non-hydrogen) atoms. The smallest absolute Gasteiger partial charge is 0.329 e. The van der Waals surface area contributed by atoms with Gasteiger partial charge < -0.3 is 19.9 Å². The molecule has 0 aliphatic carbocycles. The molecule has 0 unspecified atom stereocenters. The van der Waals surface area contributed by atoms with Crippen molar-refractivity contribution in [3.8, 4) is 11.5 Å². The molecule has 1 aromatic rings. The Kier molecular flexibility index (Phi) is 8.06. The number of rotatable bonds is 7. The molecule has 9 heteroatoms. The van der Waals surface area contributed by atoms with Crippen molar-refractivity contribution >= 4 is 34.0 Å². The zero-order chi connectivity index (χ0) is 17.2. The van der Waals surface area contributed by atoms with Gasteiger partial charge in [0.15, 0.2) is 11.5 Å². The number of aromatic hydroxyl groups is 1. The molecule has 0 aromatic heterocycles. The minimum Gasteiger partial charge on any atom is -0.503 e. The topological polar surface area (TPSA) is 109 Å². The van der Waals surface area contributed by atoms with Crippen LogP contribution in [0.25, 0.3) is 0 Å². The van der Waals surface area contributed by atoms with E-state index in [1.165, 1.54) is 13.3 Å². The summed E-state index contributed by atoms with van der Waals surface area (Å²) >= 11 is 3.19. The zero-order valence-corrected chi connectivity index (χ0v) is 14.3. The maximum atomic E-state index is 11.5. The average molecular weight is 388 g/mol. The first-order chi connectivity index (χ1) is 11.0. The number of methoxy groups -OCH3 is 1. The summed E-state index contributed by atoms with van der Waals surface area (Å²) in [5, 5.41) is 15.8. The molecular weight excluding hydrogens is 370 g/mol. The molecule has 0 saturated carbocycles. The lowest BCUT2D eigenvalue weighted by Gasteiger charge is -2.08. The summed E-state index contributed by atoms with van der Waals surface area (Å²) in [7, 11) is 1.49. The predicted octanol–water partition coefficient (Wildman–Crippen LogP) is 0.766. The lowest BCUT2D eigenvalue weighted by Crippen LogP contribution is -2.39. The molecular formula is C14H18BrN3O5. The van der Waals surface area contributed by atoms with Crippen LogP contribution in [-0.2, 0) is 14.3 Å². The van der Waals surface area contributed by atoms with E-state index in [2.05, 4.69) is 31.8 Å². The highest BCUT2D eigenvalue weighted by atomic mass is 79.9. The molecule has 1 rings (SSSR count). The van der Waals surface area contributed by atoms with Gasteiger partial charge in [-0.25, -0.2) is 5.43 Å². The van der Waals surface area contributed by atoms with Gasteiger partial charge in [0.2, 0.25) is 0 Å². The summed E-state index contributed by atoms with van der Waals surface area (Å²) in [4.78, 5) is 22.9. The molecule has 0 spiro atoms. The van der Waals surface area contributed by atoms with Crippen LogP contribution in [-0.4, -0.2) is 50.0 Å². The molecule has 1 aromatic carbocycles. The number of nitrogens with one attached hydrogen (secondary N) is 2. The minimum atomic E-state index is -0.889. The van der Waals surface area contributed by atoms with Gasteiger partial charge in [-0.05, 0) is 40.5 Å². The van der Waals surface area contributed by atoms with Crippen molar-refractivity contribution in [3.63, 3.8) is 0 Å². The van der Waals surface area contributed by atoms with Gasteiger partial charge in [-0.1, -0.05) is 0 Å². The molecule has 0 fully saturated rings. The molecule has 0 aliphatic heterocycles. The maximum absolute atomic E-state index is 11.5. The lowest BCUT2D eigenvalue weighted by molar-refractivity contribution is -0.139. The van der Waals surface area contributed by atoms with Gasteiger partial charge in [-0.2, -0.15) is 5.10 Å². The molecule has 0 bridgehead atoms. The van der Waals surface area contributed by atoms with Crippen LogP contribution in [0.4, 0.5) is 0 Å². The van der Waals surface area contributed by atoms with E-state index in [1.54, 1.807) is 19.1 Å². The SMILES string of the molecule is CCOc1cc(/C=N/NC(=O)C(=O)NCCOC)cc(Br)c1O. The minimum absolute atomic E-state index is 0.0226. The number of hydrazone groups is 1. The van der Waals surface area contributed by atoms with Gasteiger partial charge in [-0.15, -0.1) is 0 Å². The van der Waals surface area contributed by atoms with Crippen LogP contribution >= 0.6 is 15.9 Å². The van der Waals surface area contributed by atoms with Crippen LogP contribution in [0, 0.1) is 0 Å². The van der Waals surface area contributed by atoms with Gasteiger partial charge >= 0.3 is 11.8 Å². The molecule has 3 N–H and O–H groups in total. The highest BCUT2D eigenvalue weighted by molar-refractivity contribution is 9.10. The average Bonchev–Trinajstić information content (AvgIpc) is 2.52. The third-order valence-corrected chi connectivity index (χ3v) is 3.13. The van der Waals surface area contributed by atoms with E-state index in [-0.39, 0.29) is 18.0 Å². The second kappa shape index (κ2) is 9.80. The maximum Gasteiger partial charge on any atom is 0.329 e. The summed E-state index contributed by atoms with van der Waals surface area (Å²) < 4.78 is 10.4. The Labute approximate surface area is 142 Å². The number of carbonyl (C=O) groups is 2. The fourth-order valence-electron chi connectivity index (χ4n) is 1.50. The Balaban J connectivity index is 2.64. The summed E-state index contributed by atoms with van der Waals surface area (Å²) in [6.07, 6.45) is 1.33. The van der Waals surface area contributed by atoms with E-state index in [1.807, 2.05) is 0 Å². The number of ether oxygens (including phenoxy) is 2. The largest absolute Gasteiger partial charge is 0.503 e. The van der Waals surface area contributed by atoms with Gasteiger partial charge in [0, 0.05) is 13.7 Å². The standard InChI is InChI=1S/C14H18BrN3O5/c1-3-23-11-7-9(6-10(15)12(11)19)8-17-18-14(21)13(20)16-4-5-22-2/h6-8,19H,3-5H2,1-2H3,(H,16,20)(H,18,21)/b17-8+. The van der Waals surface area contributed by atoms with Crippen molar-refractivity contribution in [1.29, 1.82) is 0 Å². The third-order valence-electron chi connectivity index (χ3n) is 2.53. The molecule has 0 atom stereocenters. The number of amides is 2. The molecule has 126 valence electrons. The first-order valence-corrected chi connectivity index (χ1v) is 7.54. The van der Waals surface area contributed by atoms with E-state index in [9.17, 15) is 14.7 Å². The lowest BCUT2D eigenvalue weighted by atomic mass is 10.2. The van der Waals surface area contributed by atoms with Crippen molar-refractivity contribution in [1.82, 2.24) is 10.7 Å². The van der Waals surface area contributed by atoms with Crippen molar-refractivity contribution < 1.29 is 24.2 Å². The summed E-state index contributed by atoms with van der Waals surface area (Å²) in [5.74, 6) is -1.43. The van der Waals surface area contributed by atoms with Gasteiger partial charge in [-0.3, -0.25) is 9.59 Å². The highest BCUT2D eigenvalue weighted by Crippen LogP contribution is 2.34. The Morgan fingerprint density at radius 2 is 2.13 bits per heavy atom. The third kappa shape index (κ3) is 6.25. The van der Waals surface area contributed by atoms with E-state index in [4.69, 9.17) is 9.47 Å². The van der Waals surface area contributed by atoms with E-state index in [0.29, 0.717) is 23.2 Å². The highest BCUT2D eigenvalue weighted by Gasteiger charge is 2.12. The van der Waals surface area contributed by atoms with Crippen LogP contribution in [0.1, 0.15) is 12.5 Å². The number of phenolic OH excluding ortho intramolecular Hbond substituents is 1. The zero-order valence-electron chi connectivity index (χ0n) is 12.8. The van der Waals surface area contributed by atoms with E-state index in [0.717, 1.165) is 0 Å². The fourth-order valence-corrected chi connectivity index (χ4v) is 1.96. The molecule has 0 aliphatic rings. The van der Waals surface area contributed by atoms with Gasteiger partial charge in [0.25, 0.3) is 0 Å². The van der Waals surface area contributed by atoms with Crippen LogP contribution < -0.4 is 15.5 Å². The Morgan fingerprint density at radius 1 is 1.39 bits per heavy atom. The van der Waals surface area contributed by atoms with Crippen LogP contribution in [0.3, 0.4) is 0 Å². The predicted molar refractivity (Wildman–Crippen MR) is 87.6 cm³/mol. The van der Waals surface area contributed by atoms with Crippen LogP contribution in [0.2, 0.25) is 0 Å². The monoisotopic (exact) mass is 387 g/mol. The van der Waals surface area contributed by atoms with Crippen molar-refractivity contribution in [2.45, 2.75) is 6.92 Å². The molecule has 2 amide bonds. The first kappa shape index (κ1) is 18.9. The normalized spacial score (nSPS) is 10.6. The fraction of sp³-hybridized carbons (Fsp3) is 0.357. The van der Waals surface area contributed by atoms with Gasteiger partial charge in [0.05, 0.1) is 23.9 Å². The molecule has 0 saturated heterocycles. The summed E-state index contributed by atoms with van der Waals surface area (Å²) in [5.41, 5.74) is 2.67. The summed E-state index contributed by atoms with van der Waals surface area (Å²) in [6, 6.07) is 3.14. The number of benzene rings is 1. The second-order valence-electron chi connectivity index (χ2n) is 4.23. The number of hydrogen-bond donors (Lipinski definition) is 3. The van der Waals surface area contributed by atoms with Crippen molar-refractivity contribution in [2.24, 2.45) is 5.10 Å². The van der Waals surface area contributed by atoms with Crippen molar-refractivity contribution in [2.75, 3.05) is 26.9 Å². The van der Waals surface area contributed by atoms with Gasteiger partial charge in [0.1, 0.15) is 0 Å². The first-order valence-electron chi connectivity index (χ1n) is 6.75. The second-order valence-corrected chi connectivity index (χ2v) is 5.08. The van der Waals surface area contributed by atoms with E-state index >= 15 is 0 Å². The number of nitrogens with zero attached hydrogens (tertiary/aromatic N) is 1. The number of phenols is 1. The summed E-state index contributed by atoms with van der Waals surface area (Å²) in [6.45, 7) is 2.72. The molecule has 8 nitrogen and oxygen atoms in total. The Hall–Kier alpha value is -2.13. The Morgan fingerprint density at radius 3 is 2.78 bits per heavy atom. The molecule has 0 heterocycles. The van der Waals surface area contributed by atoms with Crippen LogP contribution in [0.15, 0.2) is 21.7 Å². The number of hydrogen-bond acceptors (Lipinski definition) is 6. The number of carbonyl (C=O) groups excluding carboxylic acids is 2. The van der Waals surface area contributed by atoms with Crippen molar-refractivity contribution in [3.05, 3.63) is 22.2 Å². The Bertz CT molecular complexity index is 592. The van der Waals surface area contributed by atoms with E-state index < -0.39 is 11.8 Å². The van der Waals surface area contributed by atoms with Crippen LogP contribution in [0.5, 0.6) is 11.5 Å². The quantitative estimate of drug-likeness (QED) is 0.277. The number of halogens is 1.